The van der Waals surface area contributed by atoms with Crippen LogP contribution < -0.4 is 5.32 Å². The zero-order chi connectivity index (χ0) is 18.4. The third-order valence-corrected chi connectivity index (χ3v) is 5.99. The van der Waals surface area contributed by atoms with Crippen LogP contribution in [0.2, 0.25) is 0 Å². The number of hydrogen-bond donors (Lipinski definition) is 1. The van der Waals surface area contributed by atoms with Gasteiger partial charge in [-0.25, -0.2) is 4.79 Å². The van der Waals surface area contributed by atoms with Gasteiger partial charge in [0.25, 0.3) is 0 Å². The second-order valence-electron chi connectivity index (χ2n) is 7.28. The molecule has 1 aliphatic heterocycles. The van der Waals surface area contributed by atoms with Crippen molar-refractivity contribution in [1.82, 2.24) is 5.32 Å². The van der Waals surface area contributed by atoms with Crippen LogP contribution in [-0.4, -0.2) is 18.9 Å². The molecule has 0 amide bonds. The lowest BCUT2D eigenvalue weighted by molar-refractivity contribution is -0.136. The Labute approximate surface area is 161 Å². The Kier molecular flexibility index (Phi) is 4.79. The highest BCUT2D eigenvalue weighted by Gasteiger charge is 2.45. The molecule has 0 bridgehead atoms. The second-order valence-corrected chi connectivity index (χ2v) is 8.44. The fourth-order valence-electron chi connectivity index (χ4n) is 4.08. The number of benzene rings is 1. The lowest BCUT2D eigenvalue weighted by atomic mass is 9.64. The number of rotatable bonds is 2. The van der Waals surface area contributed by atoms with Gasteiger partial charge in [-0.15, -0.1) is 0 Å². The van der Waals surface area contributed by atoms with Gasteiger partial charge < -0.3 is 10.1 Å². The summed E-state index contributed by atoms with van der Waals surface area (Å²) in [6.07, 6.45) is 0.880. The number of carbonyl (C=O) groups excluding carboxylic acids is 2. The number of halogens is 1. The van der Waals surface area contributed by atoms with Gasteiger partial charge in [0.15, 0.2) is 0 Å². The SMILES string of the molecule is COC(=O)C1=C(C)NC2=C(C1c1ccccc1I)C(C)(C)CC(=O)C2. The Hall–Kier alpha value is -1.63. The van der Waals surface area contributed by atoms with E-state index in [1.807, 2.05) is 25.1 Å². The summed E-state index contributed by atoms with van der Waals surface area (Å²) in [5.41, 5.74) is 4.23. The molecule has 1 aromatic carbocycles. The largest absolute Gasteiger partial charge is 0.466 e. The van der Waals surface area contributed by atoms with E-state index < -0.39 is 0 Å². The number of ether oxygens (including phenoxy) is 1. The highest BCUT2D eigenvalue weighted by atomic mass is 127. The molecule has 0 spiro atoms. The van der Waals surface area contributed by atoms with Gasteiger partial charge in [0.2, 0.25) is 0 Å². The van der Waals surface area contributed by atoms with Gasteiger partial charge in [0.05, 0.1) is 12.7 Å². The van der Waals surface area contributed by atoms with E-state index in [0.717, 1.165) is 26.1 Å². The van der Waals surface area contributed by atoms with Crippen LogP contribution in [0.3, 0.4) is 0 Å². The highest BCUT2D eigenvalue weighted by Crippen LogP contribution is 2.51. The van der Waals surface area contributed by atoms with E-state index in [1.54, 1.807) is 0 Å². The number of allylic oxidation sites excluding steroid dienone is 3. The predicted molar refractivity (Wildman–Crippen MR) is 105 cm³/mol. The average molecular weight is 451 g/mol. The highest BCUT2D eigenvalue weighted by molar-refractivity contribution is 14.1. The van der Waals surface area contributed by atoms with Gasteiger partial charge in [-0.1, -0.05) is 32.0 Å². The number of dihydropyridines is 1. The van der Waals surface area contributed by atoms with Crippen molar-refractivity contribution in [2.24, 2.45) is 5.41 Å². The summed E-state index contributed by atoms with van der Waals surface area (Å²) >= 11 is 2.31. The molecule has 132 valence electrons. The molecule has 0 saturated heterocycles. The average Bonchev–Trinajstić information content (AvgIpc) is 2.52. The molecule has 1 atom stereocenters. The van der Waals surface area contributed by atoms with Gasteiger partial charge >= 0.3 is 5.97 Å². The summed E-state index contributed by atoms with van der Waals surface area (Å²) in [5, 5.41) is 3.32. The third kappa shape index (κ3) is 3.14. The molecule has 2 aliphatic rings. The van der Waals surface area contributed by atoms with Crippen molar-refractivity contribution < 1.29 is 14.3 Å². The van der Waals surface area contributed by atoms with Crippen molar-refractivity contribution in [3.63, 3.8) is 0 Å². The zero-order valence-corrected chi connectivity index (χ0v) is 17.1. The molecule has 25 heavy (non-hydrogen) atoms. The smallest absolute Gasteiger partial charge is 0.336 e. The van der Waals surface area contributed by atoms with E-state index in [0.29, 0.717) is 18.4 Å². The summed E-state index contributed by atoms with van der Waals surface area (Å²) in [4.78, 5) is 24.8. The maximum atomic E-state index is 12.6. The van der Waals surface area contributed by atoms with E-state index in [-0.39, 0.29) is 23.1 Å². The van der Waals surface area contributed by atoms with Crippen LogP contribution in [0.5, 0.6) is 0 Å². The normalized spacial score (nSPS) is 22.4. The maximum absolute atomic E-state index is 12.6. The molecule has 0 fully saturated rings. The van der Waals surface area contributed by atoms with E-state index in [2.05, 4.69) is 47.8 Å². The minimum Gasteiger partial charge on any atom is -0.466 e. The van der Waals surface area contributed by atoms with Crippen molar-refractivity contribution in [3.8, 4) is 0 Å². The molecular weight excluding hydrogens is 429 g/mol. The summed E-state index contributed by atoms with van der Waals surface area (Å²) < 4.78 is 6.19. The van der Waals surface area contributed by atoms with Crippen molar-refractivity contribution in [2.75, 3.05) is 7.11 Å². The summed E-state index contributed by atoms with van der Waals surface area (Å²) in [6, 6.07) is 8.09. The lowest BCUT2D eigenvalue weighted by Gasteiger charge is -2.43. The number of carbonyl (C=O) groups is 2. The lowest BCUT2D eigenvalue weighted by Crippen LogP contribution is -2.39. The maximum Gasteiger partial charge on any atom is 0.336 e. The fraction of sp³-hybridized carbons (Fsp3) is 0.400. The van der Waals surface area contributed by atoms with Crippen LogP contribution in [0.25, 0.3) is 0 Å². The molecule has 1 N–H and O–H groups in total. The van der Waals surface area contributed by atoms with Crippen LogP contribution in [0.4, 0.5) is 0 Å². The Morgan fingerprint density at radius 3 is 2.64 bits per heavy atom. The van der Waals surface area contributed by atoms with Crippen molar-refractivity contribution >= 4 is 34.3 Å². The molecule has 1 heterocycles. The Bertz CT molecular complexity index is 820. The van der Waals surface area contributed by atoms with E-state index in [1.165, 1.54) is 7.11 Å². The molecule has 1 unspecified atom stereocenters. The first-order valence-corrected chi connectivity index (χ1v) is 9.40. The molecule has 0 radical (unpaired) electrons. The Morgan fingerprint density at radius 1 is 1.32 bits per heavy atom. The zero-order valence-electron chi connectivity index (χ0n) is 14.9. The van der Waals surface area contributed by atoms with Crippen LogP contribution in [0.15, 0.2) is 46.8 Å². The predicted octanol–water partition coefficient (Wildman–Crippen LogP) is 4.07. The molecular formula is C20H22INO3. The summed E-state index contributed by atoms with van der Waals surface area (Å²) in [5.74, 6) is -0.291. The minimum absolute atomic E-state index is 0.195. The molecule has 5 heteroatoms. The molecule has 0 aromatic heterocycles. The summed E-state index contributed by atoms with van der Waals surface area (Å²) in [7, 11) is 1.41. The number of ketones is 1. The van der Waals surface area contributed by atoms with E-state index in [9.17, 15) is 9.59 Å². The van der Waals surface area contributed by atoms with Crippen molar-refractivity contribution in [2.45, 2.75) is 39.5 Å². The van der Waals surface area contributed by atoms with Crippen molar-refractivity contribution in [1.29, 1.82) is 0 Å². The Balaban J connectivity index is 2.28. The van der Waals surface area contributed by atoms with Crippen molar-refractivity contribution in [3.05, 3.63) is 55.9 Å². The molecule has 0 saturated carbocycles. The van der Waals surface area contributed by atoms with Crippen LogP contribution in [-0.2, 0) is 14.3 Å². The first-order chi connectivity index (χ1) is 11.8. The van der Waals surface area contributed by atoms with Gasteiger partial charge in [-0.3, -0.25) is 4.79 Å². The van der Waals surface area contributed by atoms with Gasteiger partial charge in [-0.2, -0.15) is 0 Å². The number of Topliss-reactive ketones (excluding diaryl/α,β-unsaturated/α-hetero) is 1. The van der Waals surface area contributed by atoms with E-state index >= 15 is 0 Å². The van der Waals surface area contributed by atoms with Crippen LogP contribution >= 0.6 is 22.6 Å². The molecule has 4 nitrogen and oxygen atoms in total. The van der Waals surface area contributed by atoms with E-state index in [4.69, 9.17) is 4.74 Å². The number of methoxy groups -OCH3 is 1. The first kappa shape index (κ1) is 18.2. The molecule has 1 aromatic rings. The van der Waals surface area contributed by atoms with Gasteiger partial charge in [-0.05, 0) is 52.1 Å². The Morgan fingerprint density at radius 2 is 2.00 bits per heavy atom. The second kappa shape index (κ2) is 6.59. The standard InChI is InChI=1S/C20H22INO3/c1-11-16(19(24)25-4)17(13-7-5-6-8-14(13)21)18-15(22-11)9-12(23)10-20(18,2)3/h5-8,17,22H,9-10H2,1-4H3. The topological polar surface area (TPSA) is 55.4 Å². The van der Waals surface area contributed by atoms with Gasteiger partial charge in [0, 0.05) is 33.7 Å². The third-order valence-electron chi connectivity index (χ3n) is 5.01. The molecule has 1 aliphatic carbocycles. The first-order valence-electron chi connectivity index (χ1n) is 8.32. The number of nitrogens with one attached hydrogen (secondary N) is 1. The van der Waals surface area contributed by atoms with Crippen LogP contribution in [0, 0.1) is 8.99 Å². The summed E-state index contributed by atoms with van der Waals surface area (Å²) in [6.45, 7) is 6.05. The molecule has 3 rings (SSSR count). The quantitative estimate of drug-likeness (QED) is 0.544. The number of hydrogen-bond acceptors (Lipinski definition) is 4. The number of esters is 1. The minimum atomic E-state index is -0.325. The fourth-order valence-corrected chi connectivity index (χ4v) is 4.78. The monoisotopic (exact) mass is 451 g/mol. The van der Waals surface area contributed by atoms with Gasteiger partial charge in [0.1, 0.15) is 5.78 Å². The van der Waals surface area contributed by atoms with Crippen LogP contribution in [0.1, 0.15) is 45.1 Å².